The first kappa shape index (κ1) is 20.9. The quantitative estimate of drug-likeness (QED) is 0.444. The van der Waals surface area contributed by atoms with Crippen molar-refractivity contribution in [3.63, 3.8) is 0 Å². The molecule has 1 amide bonds. The third kappa shape index (κ3) is 5.06. The molecule has 8 nitrogen and oxygen atoms in total. The molecule has 0 atom stereocenters. The van der Waals surface area contributed by atoms with Crippen molar-refractivity contribution < 1.29 is 24.0 Å². The van der Waals surface area contributed by atoms with Gasteiger partial charge in [-0.1, -0.05) is 18.2 Å². The Morgan fingerprint density at radius 2 is 1.68 bits per heavy atom. The number of anilines is 1. The van der Waals surface area contributed by atoms with Gasteiger partial charge in [-0.2, -0.15) is 0 Å². The highest BCUT2D eigenvalue weighted by Crippen LogP contribution is 2.30. The van der Waals surface area contributed by atoms with Crippen LogP contribution in [0.1, 0.15) is 22.3 Å². The number of esters is 1. The molecule has 0 aromatic heterocycles. The number of nitro groups is 1. The van der Waals surface area contributed by atoms with Crippen molar-refractivity contribution >= 4 is 23.3 Å². The van der Waals surface area contributed by atoms with Gasteiger partial charge >= 0.3 is 5.97 Å². The first-order valence-electron chi connectivity index (χ1n) is 8.59. The molecule has 0 spiro atoms. The molecule has 0 aliphatic carbocycles. The number of hydrogen-bond donors (Lipinski definition) is 1. The third-order valence-corrected chi connectivity index (χ3v) is 4.44. The highest BCUT2D eigenvalue weighted by molar-refractivity contribution is 5.96. The Kier molecular flexibility index (Phi) is 6.70. The normalized spacial score (nSPS) is 10.3. The molecule has 148 valence electrons. The Hall–Kier alpha value is -3.42. The van der Waals surface area contributed by atoms with Crippen LogP contribution in [0.3, 0.4) is 0 Å². The summed E-state index contributed by atoms with van der Waals surface area (Å²) >= 11 is 0. The first-order chi connectivity index (χ1) is 13.2. The Morgan fingerprint density at radius 1 is 1.00 bits per heavy atom. The van der Waals surface area contributed by atoms with Gasteiger partial charge in [0, 0.05) is 6.07 Å². The smallest absolute Gasteiger partial charge is 0.344 e. The van der Waals surface area contributed by atoms with Gasteiger partial charge in [-0.3, -0.25) is 14.9 Å². The van der Waals surface area contributed by atoms with E-state index in [0.717, 1.165) is 16.7 Å². The summed E-state index contributed by atoms with van der Waals surface area (Å²) < 4.78 is 10.3. The summed E-state index contributed by atoms with van der Waals surface area (Å²) in [6.07, 6.45) is 0. The van der Waals surface area contributed by atoms with Crippen LogP contribution < -0.4 is 10.1 Å². The Morgan fingerprint density at radius 3 is 2.36 bits per heavy atom. The molecule has 1 N–H and O–H groups in total. The van der Waals surface area contributed by atoms with E-state index in [1.165, 1.54) is 6.07 Å². The summed E-state index contributed by atoms with van der Waals surface area (Å²) in [6, 6.07) is 8.41. The third-order valence-electron chi connectivity index (χ3n) is 4.44. The predicted octanol–water partition coefficient (Wildman–Crippen LogP) is 3.39. The van der Waals surface area contributed by atoms with Crippen molar-refractivity contribution in [2.24, 2.45) is 0 Å². The Balaban J connectivity index is 1.92. The summed E-state index contributed by atoms with van der Waals surface area (Å²) in [5.74, 6) is -0.823. The molecule has 0 saturated carbocycles. The predicted molar refractivity (Wildman–Crippen MR) is 104 cm³/mol. The number of benzene rings is 2. The van der Waals surface area contributed by atoms with Crippen LogP contribution in [0.15, 0.2) is 30.3 Å². The second kappa shape index (κ2) is 8.98. The fourth-order valence-electron chi connectivity index (χ4n) is 2.49. The Labute approximate surface area is 162 Å². The molecule has 2 rings (SSSR count). The van der Waals surface area contributed by atoms with Crippen molar-refractivity contribution in [3.05, 3.63) is 62.7 Å². The topological polar surface area (TPSA) is 108 Å². The summed E-state index contributed by atoms with van der Waals surface area (Å²) in [7, 11) is 0. The van der Waals surface area contributed by atoms with Crippen LogP contribution in [0, 0.1) is 37.8 Å². The van der Waals surface area contributed by atoms with E-state index in [4.69, 9.17) is 9.47 Å². The molecule has 0 saturated heterocycles. The molecule has 0 fully saturated rings. The number of carbonyl (C=O) groups is 2. The molecule has 2 aromatic rings. The SMILES string of the molecule is Cc1cccc(OCC(=O)OCC(=O)Nc2c([N+](=O)[O-])ccc(C)c2C)c1C. The van der Waals surface area contributed by atoms with Gasteiger partial charge in [-0.15, -0.1) is 0 Å². The highest BCUT2D eigenvalue weighted by atomic mass is 16.6. The van der Waals surface area contributed by atoms with Gasteiger partial charge in [-0.05, 0) is 56.0 Å². The molecule has 2 aromatic carbocycles. The van der Waals surface area contributed by atoms with E-state index in [2.05, 4.69) is 5.32 Å². The molecule has 0 aliphatic heterocycles. The molecule has 8 heteroatoms. The van der Waals surface area contributed by atoms with Crippen LogP contribution in [-0.2, 0) is 14.3 Å². The maximum atomic E-state index is 12.1. The molecule has 28 heavy (non-hydrogen) atoms. The zero-order chi connectivity index (χ0) is 20.8. The number of nitrogens with zero attached hydrogens (tertiary/aromatic N) is 1. The number of nitrogens with one attached hydrogen (secondary N) is 1. The minimum atomic E-state index is -0.716. The molecular weight excluding hydrogens is 364 g/mol. The summed E-state index contributed by atoms with van der Waals surface area (Å²) in [5, 5.41) is 13.6. The fraction of sp³-hybridized carbons (Fsp3) is 0.300. The average molecular weight is 386 g/mol. The lowest BCUT2D eigenvalue weighted by Gasteiger charge is -2.12. The van der Waals surface area contributed by atoms with Crippen molar-refractivity contribution in [1.82, 2.24) is 0 Å². The van der Waals surface area contributed by atoms with Crippen LogP contribution in [0.2, 0.25) is 0 Å². The van der Waals surface area contributed by atoms with Crippen molar-refractivity contribution in [2.75, 3.05) is 18.5 Å². The molecular formula is C20H22N2O6. The average Bonchev–Trinajstić information content (AvgIpc) is 2.64. The van der Waals surface area contributed by atoms with Gasteiger partial charge in [0.05, 0.1) is 4.92 Å². The first-order valence-corrected chi connectivity index (χ1v) is 8.59. The maximum Gasteiger partial charge on any atom is 0.344 e. The molecule has 0 unspecified atom stereocenters. The van der Waals surface area contributed by atoms with Crippen LogP contribution in [0.4, 0.5) is 11.4 Å². The van der Waals surface area contributed by atoms with E-state index in [0.29, 0.717) is 11.3 Å². The monoisotopic (exact) mass is 386 g/mol. The number of amides is 1. The van der Waals surface area contributed by atoms with Gasteiger partial charge in [0.2, 0.25) is 0 Å². The zero-order valence-electron chi connectivity index (χ0n) is 16.2. The van der Waals surface area contributed by atoms with Gasteiger partial charge in [-0.25, -0.2) is 4.79 Å². The number of ether oxygens (including phenoxy) is 2. The van der Waals surface area contributed by atoms with E-state index in [-0.39, 0.29) is 18.0 Å². The lowest BCUT2D eigenvalue weighted by molar-refractivity contribution is -0.384. The van der Waals surface area contributed by atoms with Gasteiger partial charge in [0.15, 0.2) is 13.2 Å². The number of rotatable bonds is 7. The van der Waals surface area contributed by atoms with Gasteiger partial charge in [0.25, 0.3) is 11.6 Å². The molecule has 0 heterocycles. The number of aryl methyl sites for hydroxylation is 2. The maximum absolute atomic E-state index is 12.1. The summed E-state index contributed by atoms with van der Waals surface area (Å²) in [5.41, 5.74) is 3.18. The van der Waals surface area contributed by atoms with E-state index < -0.39 is 23.4 Å². The van der Waals surface area contributed by atoms with Crippen molar-refractivity contribution in [2.45, 2.75) is 27.7 Å². The van der Waals surface area contributed by atoms with Gasteiger partial charge < -0.3 is 14.8 Å². The lowest BCUT2D eigenvalue weighted by Crippen LogP contribution is -2.24. The fourth-order valence-corrected chi connectivity index (χ4v) is 2.49. The molecule has 0 bridgehead atoms. The Bertz CT molecular complexity index is 923. The molecule has 0 radical (unpaired) electrons. The highest BCUT2D eigenvalue weighted by Gasteiger charge is 2.20. The number of nitro benzene ring substituents is 1. The summed E-state index contributed by atoms with van der Waals surface area (Å²) in [4.78, 5) is 34.5. The molecule has 0 aliphatic rings. The second-order valence-electron chi connectivity index (χ2n) is 6.35. The van der Waals surface area contributed by atoms with Crippen molar-refractivity contribution in [1.29, 1.82) is 0 Å². The van der Waals surface area contributed by atoms with E-state index >= 15 is 0 Å². The van der Waals surface area contributed by atoms with Crippen LogP contribution in [0.25, 0.3) is 0 Å². The van der Waals surface area contributed by atoms with Crippen LogP contribution in [0.5, 0.6) is 5.75 Å². The minimum absolute atomic E-state index is 0.0951. The van der Waals surface area contributed by atoms with Gasteiger partial charge in [0.1, 0.15) is 11.4 Å². The van der Waals surface area contributed by atoms with Crippen LogP contribution in [-0.4, -0.2) is 30.0 Å². The number of hydrogen-bond acceptors (Lipinski definition) is 6. The number of carbonyl (C=O) groups excluding carboxylic acids is 2. The van der Waals surface area contributed by atoms with E-state index in [9.17, 15) is 19.7 Å². The van der Waals surface area contributed by atoms with E-state index in [1.807, 2.05) is 26.0 Å². The van der Waals surface area contributed by atoms with Crippen molar-refractivity contribution in [3.8, 4) is 5.75 Å². The summed E-state index contributed by atoms with van der Waals surface area (Å²) in [6.45, 7) is 6.33. The zero-order valence-corrected chi connectivity index (χ0v) is 16.2. The second-order valence-corrected chi connectivity index (χ2v) is 6.35. The van der Waals surface area contributed by atoms with E-state index in [1.54, 1.807) is 26.0 Å². The lowest BCUT2D eigenvalue weighted by atomic mass is 10.1. The standard InChI is InChI=1S/C20H22N2O6/c1-12-6-5-7-17(14(12)3)27-11-19(24)28-10-18(23)21-20-15(4)13(2)8-9-16(20)22(25)26/h5-9H,10-11H2,1-4H3,(H,21,23). The minimum Gasteiger partial charge on any atom is -0.482 e. The van der Waals surface area contributed by atoms with Crippen LogP contribution >= 0.6 is 0 Å². The largest absolute Gasteiger partial charge is 0.482 e.